The van der Waals surface area contributed by atoms with E-state index in [0.29, 0.717) is 5.69 Å². The molecule has 0 aliphatic heterocycles. The van der Waals surface area contributed by atoms with Crippen molar-refractivity contribution in [3.8, 4) is 0 Å². The van der Waals surface area contributed by atoms with Crippen LogP contribution in [0.2, 0.25) is 0 Å². The van der Waals surface area contributed by atoms with Gasteiger partial charge in [-0.2, -0.15) is 5.10 Å². The lowest BCUT2D eigenvalue weighted by Crippen LogP contribution is -1.75. The molecule has 0 atom stereocenters. The van der Waals surface area contributed by atoms with Gasteiger partial charge in [-0.25, -0.2) is 0 Å². The first-order chi connectivity index (χ1) is 4.36. The SMILES string of the molecule is CSc1cc(C=O)[nH]n1. The molecule has 1 aromatic heterocycles. The van der Waals surface area contributed by atoms with Crippen molar-refractivity contribution in [1.82, 2.24) is 10.2 Å². The Morgan fingerprint density at radius 2 is 2.67 bits per heavy atom. The van der Waals surface area contributed by atoms with Crippen molar-refractivity contribution >= 4 is 18.0 Å². The van der Waals surface area contributed by atoms with Crippen molar-refractivity contribution in [2.45, 2.75) is 5.03 Å². The van der Waals surface area contributed by atoms with Crippen LogP contribution >= 0.6 is 11.8 Å². The van der Waals surface area contributed by atoms with Gasteiger partial charge in [0.25, 0.3) is 0 Å². The number of rotatable bonds is 2. The van der Waals surface area contributed by atoms with Crippen LogP contribution in [-0.4, -0.2) is 22.7 Å². The molecule has 0 unspecified atom stereocenters. The van der Waals surface area contributed by atoms with E-state index in [1.807, 2.05) is 6.26 Å². The fourth-order valence-corrected chi connectivity index (χ4v) is 0.864. The van der Waals surface area contributed by atoms with Crippen LogP contribution in [0, 0.1) is 0 Å². The van der Waals surface area contributed by atoms with Crippen LogP contribution in [0.1, 0.15) is 10.5 Å². The van der Waals surface area contributed by atoms with Crippen molar-refractivity contribution < 1.29 is 4.79 Å². The molecule has 0 bridgehead atoms. The summed E-state index contributed by atoms with van der Waals surface area (Å²) in [6.45, 7) is 0. The molecule has 0 saturated carbocycles. The Balaban J connectivity index is 2.86. The predicted molar refractivity (Wildman–Crippen MR) is 35.8 cm³/mol. The first kappa shape index (κ1) is 6.35. The Morgan fingerprint density at radius 3 is 3.00 bits per heavy atom. The van der Waals surface area contributed by atoms with Gasteiger partial charge in [-0.1, -0.05) is 0 Å². The molecule has 0 spiro atoms. The van der Waals surface area contributed by atoms with Gasteiger partial charge in [0.1, 0.15) is 5.03 Å². The van der Waals surface area contributed by atoms with Crippen LogP contribution in [0.5, 0.6) is 0 Å². The molecule has 3 nitrogen and oxygen atoms in total. The zero-order valence-electron chi connectivity index (χ0n) is 4.92. The highest BCUT2D eigenvalue weighted by molar-refractivity contribution is 7.98. The van der Waals surface area contributed by atoms with E-state index in [-0.39, 0.29) is 0 Å². The molecule has 0 amide bonds. The van der Waals surface area contributed by atoms with E-state index in [9.17, 15) is 4.79 Å². The summed E-state index contributed by atoms with van der Waals surface area (Å²) >= 11 is 1.50. The fraction of sp³-hybridized carbons (Fsp3) is 0.200. The van der Waals surface area contributed by atoms with Gasteiger partial charge in [0, 0.05) is 6.07 Å². The number of hydrogen-bond acceptors (Lipinski definition) is 3. The highest BCUT2D eigenvalue weighted by Gasteiger charge is 1.95. The highest BCUT2D eigenvalue weighted by Crippen LogP contribution is 2.09. The normalized spacial score (nSPS) is 9.44. The number of nitrogens with one attached hydrogen (secondary N) is 1. The number of aromatic nitrogens is 2. The standard InChI is InChI=1S/C5H6N2OS/c1-9-5-2-4(3-8)6-7-5/h2-3H,1H3,(H,6,7). The summed E-state index contributed by atoms with van der Waals surface area (Å²) in [5.74, 6) is 0. The molecule has 0 aromatic carbocycles. The largest absolute Gasteiger partial charge is 0.296 e. The third kappa shape index (κ3) is 1.32. The van der Waals surface area contributed by atoms with Crippen molar-refractivity contribution in [3.63, 3.8) is 0 Å². The van der Waals surface area contributed by atoms with Gasteiger partial charge >= 0.3 is 0 Å². The first-order valence-electron chi connectivity index (χ1n) is 2.41. The zero-order valence-corrected chi connectivity index (χ0v) is 5.73. The second-order valence-corrected chi connectivity index (χ2v) is 2.31. The Kier molecular flexibility index (Phi) is 1.89. The highest BCUT2D eigenvalue weighted by atomic mass is 32.2. The molecule has 1 N–H and O–H groups in total. The van der Waals surface area contributed by atoms with E-state index in [2.05, 4.69) is 10.2 Å². The lowest BCUT2D eigenvalue weighted by molar-refractivity contribution is 0.111. The number of carbonyl (C=O) groups is 1. The number of aldehydes is 1. The van der Waals surface area contributed by atoms with Crippen LogP contribution in [0.4, 0.5) is 0 Å². The molecule has 1 aromatic rings. The molecular weight excluding hydrogens is 136 g/mol. The summed E-state index contributed by atoms with van der Waals surface area (Å²) in [4.78, 5) is 10.1. The van der Waals surface area contributed by atoms with E-state index in [1.165, 1.54) is 11.8 Å². The van der Waals surface area contributed by atoms with E-state index >= 15 is 0 Å². The minimum atomic E-state index is 0.527. The number of aromatic amines is 1. The number of nitrogens with zero attached hydrogens (tertiary/aromatic N) is 1. The van der Waals surface area contributed by atoms with Gasteiger partial charge in [-0.05, 0) is 6.26 Å². The van der Waals surface area contributed by atoms with E-state index in [4.69, 9.17) is 0 Å². The Morgan fingerprint density at radius 1 is 1.89 bits per heavy atom. The summed E-state index contributed by atoms with van der Waals surface area (Å²) in [5.41, 5.74) is 0.527. The maximum Gasteiger partial charge on any atom is 0.167 e. The molecule has 48 valence electrons. The van der Waals surface area contributed by atoms with E-state index in [1.54, 1.807) is 6.07 Å². The predicted octanol–water partition coefficient (Wildman–Crippen LogP) is 0.944. The fourth-order valence-electron chi connectivity index (χ4n) is 0.482. The minimum absolute atomic E-state index is 0.527. The van der Waals surface area contributed by atoms with Crippen LogP contribution in [-0.2, 0) is 0 Å². The Hall–Kier alpha value is -0.770. The number of carbonyl (C=O) groups excluding carboxylic acids is 1. The van der Waals surface area contributed by atoms with Crippen molar-refractivity contribution in [2.24, 2.45) is 0 Å². The van der Waals surface area contributed by atoms with Crippen LogP contribution in [0.3, 0.4) is 0 Å². The van der Waals surface area contributed by atoms with Crippen LogP contribution in [0.25, 0.3) is 0 Å². The smallest absolute Gasteiger partial charge is 0.167 e. The topological polar surface area (TPSA) is 45.8 Å². The summed E-state index contributed by atoms with van der Waals surface area (Å²) in [7, 11) is 0. The van der Waals surface area contributed by atoms with E-state index in [0.717, 1.165) is 11.3 Å². The summed E-state index contributed by atoms with van der Waals surface area (Å²) < 4.78 is 0. The van der Waals surface area contributed by atoms with Crippen LogP contribution < -0.4 is 0 Å². The van der Waals surface area contributed by atoms with Gasteiger partial charge in [0.2, 0.25) is 0 Å². The second-order valence-electron chi connectivity index (χ2n) is 1.48. The molecule has 0 aliphatic carbocycles. The molecule has 9 heavy (non-hydrogen) atoms. The van der Waals surface area contributed by atoms with Crippen molar-refractivity contribution in [1.29, 1.82) is 0 Å². The Bertz CT molecular complexity index is 208. The zero-order chi connectivity index (χ0) is 6.69. The third-order valence-corrected chi connectivity index (χ3v) is 1.54. The van der Waals surface area contributed by atoms with Gasteiger partial charge in [0.15, 0.2) is 6.29 Å². The van der Waals surface area contributed by atoms with Crippen LogP contribution in [0.15, 0.2) is 11.1 Å². The molecule has 0 aliphatic rings. The monoisotopic (exact) mass is 142 g/mol. The Labute approximate surface area is 56.8 Å². The summed E-state index contributed by atoms with van der Waals surface area (Å²) in [6, 6.07) is 1.71. The minimum Gasteiger partial charge on any atom is -0.296 e. The number of hydrogen-bond donors (Lipinski definition) is 1. The summed E-state index contributed by atoms with van der Waals surface area (Å²) in [6.07, 6.45) is 2.65. The first-order valence-corrected chi connectivity index (χ1v) is 3.64. The van der Waals surface area contributed by atoms with Crippen molar-refractivity contribution in [3.05, 3.63) is 11.8 Å². The van der Waals surface area contributed by atoms with Gasteiger partial charge < -0.3 is 0 Å². The molecule has 1 rings (SSSR count). The summed E-state index contributed by atoms with van der Waals surface area (Å²) in [5, 5.41) is 7.22. The number of H-pyrrole nitrogens is 1. The number of thioether (sulfide) groups is 1. The van der Waals surface area contributed by atoms with Gasteiger partial charge in [-0.15, -0.1) is 11.8 Å². The van der Waals surface area contributed by atoms with Crippen molar-refractivity contribution in [2.75, 3.05) is 6.26 Å². The molecule has 0 radical (unpaired) electrons. The second kappa shape index (κ2) is 2.68. The lowest BCUT2D eigenvalue weighted by Gasteiger charge is -1.77. The lowest BCUT2D eigenvalue weighted by atomic mass is 10.5. The molecular formula is C5H6N2OS. The molecule has 0 saturated heterocycles. The van der Waals surface area contributed by atoms with Gasteiger partial charge in [0.05, 0.1) is 5.69 Å². The average molecular weight is 142 g/mol. The van der Waals surface area contributed by atoms with E-state index < -0.39 is 0 Å². The molecule has 1 heterocycles. The quantitative estimate of drug-likeness (QED) is 0.494. The maximum atomic E-state index is 10.1. The third-order valence-electron chi connectivity index (χ3n) is 0.910. The maximum absolute atomic E-state index is 10.1. The molecule has 0 fully saturated rings. The molecule has 4 heteroatoms. The average Bonchev–Trinajstić information content (AvgIpc) is 2.34. The van der Waals surface area contributed by atoms with Gasteiger partial charge in [-0.3, -0.25) is 9.89 Å².